The second kappa shape index (κ2) is 6.34. The minimum absolute atomic E-state index is 0.511. The van der Waals surface area contributed by atoms with Gasteiger partial charge in [0.2, 0.25) is 0 Å². The second-order valence-corrected chi connectivity index (χ2v) is 4.04. The van der Waals surface area contributed by atoms with Crippen LogP contribution in [0, 0.1) is 0 Å². The Balaban J connectivity index is 5.13. The van der Waals surface area contributed by atoms with Gasteiger partial charge < -0.3 is 9.84 Å². The molecule has 0 heterocycles. The molecule has 0 rings (SSSR count). The summed E-state index contributed by atoms with van der Waals surface area (Å²) in [5, 5.41) is 8.91. The third kappa shape index (κ3) is 4.05. The van der Waals surface area contributed by atoms with Crippen molar-refractivity contribution < 1.29 is 54.2 Å². The fourth-order valence-corrected chi connectivity index (χ4v) is 1.13. The van der Waals surface area contributed by atoms with Gasteiger partial charge in [0, 0.05) is 12.5 Å². The highest BCUT2D eigenvalue weighted by Gasteiger charge is 2.81. The first kappa shape index (κ1) is 20.5. The highest BCUT2D eigenvalue weighted by Crippen LogP contribution is 2.54. The molecule has 0 amide bonds. The van der Waals surface area contributed by atoms with E-state index in [1.165, 1.54) is 0 Å². The Morgan fingerprint density at radius 2 is 1.50 bits per heavy atom. The number of carbonyl (C=O) groups is 1. The van der Waals surface area contributed by atoms with E-state index in [0.717, 1.165) is 0 Å². The topological polar surface area (TPSA) is 46.5 Å². The number of ether oxygens (including phenoxy) is 1. The molecule has 130 valence electrons. The van der Waals surface area contributed by atoms with Gasteiger partial charge in [-0.15, -0.1) is 0 Å². The number of rotatable bonds is 7. The number of esters is 1. The maximum absolute atomic E-state index is 13.0. The van der Waals surface area contributed by atoms with Crippen LogP contribution in [-0.2, 0) is 9.53 Å². The van der Waals surface area contributed by atoms with Gasteiger partial charge in [-0.2, -0.15) is 39.5 Å². The highest BCUT2D eigenvalue weighted by molar-refractivity contribution is 5.81. The molecule has 0 aromatic rings. The molecular weight excluding hydrogens is 339 g/mol. The first-order valence-electron chi connectivity index (χ1n) is 5.27. The average molecular weight is 348 g/mol. The van der Waals surface area contributed by atoms with Gasteiger partial charge in [0.25, 0.3) is 0 Å². The Morgan fingerprint density at radius 3 is 1.86 bits per heavy atom. The quantitative estimate of drug-likeness (QED) is 0.437. The van der Waals surface area contributed by atoms with Crippen LogP contribution in [0.2, 0.25) is 0 Å². The molecule has 0 aromatic heterocycles. The van der Waals surface area contributed by atoms with Gasteiger partial charge in [0.05, 0.1) is 6.10 Å². The van der Waals surface area contributed by atoms with Gasteiger partial charge in [-0.3, -0.25) is 0 Å². The van der Waals surface area contributed by atoms with Gasteiger partial charge in [-0.05, 0) is 0 Å². The first-order valence-corrected chi connectivity index (χ1v) is 5.27. The molecule has 0 aliphatic carbocycles. The van der Waals surface area contributed by atoms with Gasteiger partial charge in [-0.25, -0.2) is 4.79 Å². The van der Waals surface area contributed by atoms with Crippen molar-refractivity contribution in [1.29, 1.82) is 0 Å². The van der Waals surface area contributed by atoms with E-state index in [1.807, 2.05) is 0 Å². The molecule has 0 aromatic carbocycles. The van der Waals surface area contributed by atoms with Crippen molar-refractivity contribution in [1.82, 2.24) is 0 Å². The number of carbonyl (C=O) groups excluding carboxylic acids is 1. The molecule has 1 N–H and O–H groups in total. The van der Waals surface area contributed by atoms with E-state index < -0.39 is 49.0 Å². The zero-order valence-electron chi connectivity index (χ0n) is 10.4. The minimum atomic E-state index is -7.03. The Hall–Kier alpha value is -1.46. The largest absolute Gasteiger partial charge is 0.460 e. The Kier molecular flexibility index (Phi) is 5.92. The van der Waals surface area contributed by atoms with Crippen LogP contribution < -0.4 is 0 Å². The van der Waals surface area contributed by atoms with E-state index in [9.17, 15) is 44.3 Å². The van der Waals surface area contributed by atoms with Crippen LogP contribution in [0.15, 0.2) is 12.7 Å². The van der Waals surface area contributed by atoms with E-state index in [0.29, 0.717) is 6.08 Å². The standard InChI is InChI=1S/C10H9F9O3/c1-2-6(21)22-4-5(20)3-7(11,12)8(13,14)9(15,16)10(17,18)19/h2,5,20H,1,3-4H2. The molecule has 0 aliphatic heterocycles. The van der Waals surface area contributed by atoms with Crippen LogP contribution in [-0.4, -0.2) is 47.7 Å². The molecule has 0 saturated heterocycles. The smallest absolute Gasteiger partial charge is 0.460 e. The molecular formula is C10H9F9O3. The predicted molar refractivity (Wildman–Crippen MR) is 52.7 cm³/mol. The summed E-state index contributed by atoms with van der Waals surface area (Å²) >= 11 is 0. The number of aliphatic hydroxyl groups excluding tert-OH is 1. The number of aliphatic hydroxyl groups is 1. The predicted octanol–water partition coefficient (Wildman–Crippen LogP) is 2.93. The van der Waals surface area contributed by atoms with Crippen LogP contribution in [0.3, 0.4) is 0 Å². The molecule has 0 aliphatic rings. The zero-order chi connectivity index (χ0) is 18.0. The molecule has 22 heavy (non-hydrogen) atoms. The number of alkyl halides is 9. The van der Waals surface area contributed by atoms with E-state index in [4.69, 9.17) is 5.11 Å². The third-order valence-corrected chi connectivity index (χ3v) is 2.29. The lowest BCUT2D eigenvalue weighted by Gasteiger charge is -2.34. The van der Waals surface area contributed by atoms with Gasteiger partial charge >= 0.3 is 29.9 Å². The Labute approximate surface area is 117 Å². The maximum Gasteiger partial charge on any atom is 0.460 e. The van der Waals surface area contributed by atoms with Crippen molar-refractivity contribution in [2.45, 2.75) is 36.5 Å². The number of halogens is 9. The molecule has 1 atom stereocenters. The van der Waals surface area contributed by atoms with Crippen LogP contribution in [0.4, 0.5) is 39.5 Å². The van der Waals surface area contributed by atoms with Gasteiger partial charge in [0.1, 0.15) is 6.61 Å². The van der Waals surface area contributed by atoms with Crippen molar-refractivity contribution in [3.8, 4) is 0 Å². The molecule has 12 heteroatoms. The van der Waals surface area contributed by atoms with Crippen molar-refractivity contribution >= 4 is 5.97 Å². The summed E-state index contributed by atoms with van der Waals surface area (Å²) in [5.74, 6) is -21.0. The lowest BCUT2D eigenvalue weighted by atomic mass is 9.98. The summed E-state index contributed by atoms with van der Waals surface area (Å²) < 4.78 is 116. The molecule has 0 radical (unpaired) electrons. The minimum Gasteiger partial charge on any atom is -0.460 e. The zero-order valence-corrected chi connectivity index (χ0v) is 10.4. The second-order valence-electron chi connectivity index (χ2n) is 4.04. The van der Waals surface area contributed by atoms with Crippen molar-refractivity contribution in [2.24, 2.45) is 0 Å². The normalized spacial score (nSPS) is 15.4. The lowest BCUT2D eigenvalue weighted by molar-refractivity contribution is -0.398. The van der Waals surface area contributed by atoms with Crippen LogP contribution in [0.25, 0.3) is 0 Å². The van der Waals surface area contributed by atoms with E-state index in [1.54, 1.807) is 0 Å². The summed E-state index contributed by atoms with van der Waals surface area (Å²) in [6.45, 7) is 1.54. The Bertz CT molecular complexity index is 416. The SMILES string of the molecule is C=CC(=O)OCC(O)CC(F)(F)C(F)(F)C(F)(F)C(F)(F)F. The van der Waals surface area contributed by atoms with Crippen LogP contribution in [0.1, 0.15) is 6.42 Å². The molecule has 3 nitrogen and oxygen atoms in total. The summed E-state index contributed by atoms with van der Waals surface area (Å²) in [5.41, 5.74) is 0. The number of hydrogen-bond donors (Lipinski definition) is 1. The lowest BCUT2D eigenvalue weighted by Crippen LogP contribution is -2.61. The third-order valence-electron chi connectivity index (χ3n) is 2.29. The fraction of sp³-hybridized carbons (Fsp3) is 0.700. The first-order chi connectivity index (χ1) is 9.60. The van der Waals surface area contributed by atoms with E-state index in [2.05, 4.69) is 11.3 Å². The monoisotopic (exact) mass is 348 g/mol. The van der Waals surface area contributed by atoms with E-state index in [-0.39, 0.29) is 0 Å². The van der Waals surface area contributed by atoms with Crippen LogP contribution >= 0.6 is 0 Å². The van der Waals surface area contributed by atoms with Gasteiger partial charge in [-0.1, -0.05) is 6.58 Å². The maximum atomic E-state index is 13.0. The number of hydrogen-bond acceptors (Lipinski definition) is 3. The van der Waals surface area contributed by atoms with Crippen molar-refractivity contribution in [3.05, 3.63) is 12.7 Å². The molecule has 1 unspecified atom stereocenters. The molecule has 0 bridgehead atoms. The van der Waals surface area contributed by atoms with Crippen molar-refractivity contribution in [3.63, 3.8) is 0 Å². The average Bonchev–Trinajstić information content (AvgIpc) is 2.33. The van der Waals surface area contributed by atoms with Gasteiger partial charge in [0.15, 0.2) is 0 Å². The summed E-state index contributed by atoms with van der Waals surface area (Å²) in [7, 11) is 0. The summed E-state index contributed by atoms with van der Waals surface area (Å²) in [6.07, 6.45) is -11.5. The van der Waals surface area contributed by atoms with Crippen molar-refractivity contribution in [2.75, 3.05) is 6.61 Å². The summed E-state index contributed by atoms with van der Waals surface area (Å²) in [4.78, 5) is 10.5. The molecule has 0 spiro atoms. The van der Waals surface area contributed by atoms with Crippen LogP contribution in [0.5, 0.6) is 0 Å². The van der Waals surface area contributed by atoms with E-state index >= 15 is 0 Å². The highest BCUT2D eigenvalue weighted by atomic mass is 19.4. The Morgan fingerprint density at radius 1 is 1.05 bits per heavy atom. The fourth-order valence-electron chi connectivity index (χ4n) is 1.13. The summed E-state index contributed by atoms with van der Waals surface area (Å²) in [6, 6.07) is 0. The molecule has 0 fully saturated rings. The molecule has 0 saturated carbocycles.